The Morgan fingerprint density at radius 2 is 2.09 bits per heavy atom. The number of amidine groups is 1. The Balaban J connectivity index is 0. The maximum Gasteiger partial charge on any atom is 0.299 e. The first kappa shape index (κ1) is 13.6. The Morgan fingerprint density at radius 3 is 2.45 bits per heavy atom. The van der Waals surface area contributed by atoms with E-state index in [1.54, 1.807) is 0 Å². The molecule has 0 fully saturated rings. The first-order valence-electron chi connectivity index (χ1n) is 3.28. The summed E-state index contributed by atoms with van der Waals surface area (Å²) in [4.78, 5) is 2.15. The number of hydrogen-bond donors (Lipinski definition) is 2. The van der Waals surface area contributed by atoms with Gasteiger partial charge in [0.2, 0.25) is 0 Å². The maximum absolute atomic E-state index is 5.25. The lowest BCUT2D eigenvalue weighted by molar-refractivity contribution is -0.110. The van der Waals surface area contributed by atoms with Crippen LogP contribution in [0.2, 0.25) is 0 Å². The zero-order valence-corrected chi connectivity index (χ0v) is 8.58. The third-order valence-corrected chi connectivity index (χ3v) is 1.84. The fraction of sp³-hybridized carbons (Fsp3) is 0.833. The second-order valence-electron chi connectivity index (χ2n) is 2.41. The van der Waals surface area contributed by atoms with Gasteiger partial charge < -0.3 is 17.3 Å². The number of thioether (sulfide) groups is 1. The van der Waals surface area contributed by atoms with Crippen LogP contribution in [0.25, 0.3) is 0 Å². The van der Waals surface area contributed by atoms with E-state index in [0.717, 1.165) is 18.7 Å². The van der Waals surface area contributed by atoms with Gasteiger partial charge in [-0.3, -0.25) is 11.1 Å². The molecule has 0 aliphatic carbocycles. The van der Waals surface area contributed by atoms with Crippen LogP contribution in [0.4, 0.5) is 0 Å². The van der Waals surface area contributed by atoms with Crippen molar-refractivity contribution in [2.24, 2.45) is 5.73 Å². The van der Waals surface area contributed by atoms with Crippen molar-refractivity contribution in [2.45, 2.75) is 6.42 Å². The highest BCUT2D eigenvalue weighted by atomic mass is 35.5. The lowest BCUT2D eigenvalue weighted by Gasteiger charge is -2.06. The van der Waals surface area contributed by atoms with Crippen molar-refractivity contribution in [3.63, 3.8) is 0 Å². The van der Waals surface area contributed by atoms with Crippen molar-refractivity contribution >= 4 is 16.9 Å². The lowest BCUT2D eigenvalue weighted by Crippen LogP contribution is -3.00. The van der Waals surface area contributed by atoms with E-state index < -0.39 is 0 Å². The largest absolute Gasteiger partial charge is 1.00 e. The molecule has 0 atom stereocenters. The normalized spacial score (nSPS) is 9.36. The van der Waals surface area contributed by atoms with Gasteiger partial charge in [0.05, 0.1) is 0 Å². The Hall–Kier alpha value is 0.0700. The molecule has 0 aliphatic heterocycles. The van der Waals surface area contributed by atoms with Crippen molar-refractivity contribution in [3.8, 4) is 0 Å². The van der Waals surface area contributed by atoms with Crippen LogP contribution in [0.5, 0.6) is 0 Å². The molecule has 0 saturated carbocycles. The maximum atomic E-state index is 5.25. The molecule has 0 spiro atoms. The van der Waals surface area contributed by atoms with Gasteiger partial charge in [0.1, 0.15) is 0 Å². The molecule has 0 bridgehead atoms. The molecule has 0 aliphatic rings. The monoisotopic (exact) mass is 197 g/mol. The molecule has 4 N–H and O–H groups in total. The summed E-state index contributed by atoms with van der Waals surface area (Å²) in [5.41, 5.74) is 5.25. The molecule has 0 heterocycles. The Morgan fingerprint density at radius 1 is 1.55 bits per heavy atom. The highest BCUT2D eigenvalue weighted by Crippen LogP contribution is 1.98. The SMILES string of the molecule is CN(C)CCCSC(N)=[NH2+].[Cl-]. The average molecular weight is 198 g/mol. The molecule has 0 aromatic rings. The summed E-state index contributed by atoms with van der Waals surface area (Å²) in [6, 6.07) is 0. The van der Waals surface area contributed by atoms with Crippen LogP contribution in [-0.2, 0) is 0 Å². The van der Waals surface area contributed by atoms with E-state index >= 15 is 0 Å². The molecule has 0 amide bonds. The van der Waals surface area contributed by atoms with Gasteiger partial charge in [-0.05, 0) is 38.8 Å². The summed E-state index contributed by atoms with van der Waals surface area (Å²) in [5, 5.41) is 5.72. The molecule has 0 unspecified atom stereocenters. The summed E-state index contributed by atoms with van der Waals surface area (Å²) in [7, 11) is 4.11. The van der Waals surface area contributed by atoms with Gasteiger partial charge in [-0.15, -0.1) is 0 Å². The average Bonchev–Trinajstić information content (AvgIpc) is 1.79. The Labute approximate surface area is 78.6 Å². The van der Waals surface area contributed by atoms with Crippen LogP contribution in [0.1, 0.15) is 6.42 Å². The van der Waals surface area contributed by atoms with E-state index in [9.17, 15) is 0 Å². The second-order valence-corrected chi connectivity index (χ2v) is 3.58. The van der Waals surface area contributed by atoms with E-state index in [4.69, 9.17) is 11.1 Å². The van der Waals surface area contributed by atoms with E-state index in [1.165, 1.54) is 11.8 Å². The summed E-state index contributed by atoms with van der Waals surface area (Å²) in [6.45, 7) is 1.10. The third kappa shape index (κ3) is 13.1. The minimum atomic E-state index is 0. The number of hydrogen-bond acceptors (Lipinski definition) is 2. The van der Waals surface area contributed by atoms with E-state index in [0.29, 0.717) is 5.17 Å². The molecule has 68 valence electrons. The second kappa shape index (κ2) is 8.17. The van der Waals surface area contributed by atoms with Crippen molar-refractivity contribution < 1.29 is 17.8 Å². The molecule has 0 aromatic carbocycles. The van der Waals surface area contributed by atoms with Gasteiger partial charge in [-0.1, -0.05) is 0 Å². The van der Waals surface area contributed by atoms with Crippen molar-refractivity contribution in [1.29, 1.82) is 0 Å². The van der Waals surface area contributed by atoms with Gasteiger partial charge in [0, 0.05) is 5.75 Å². The summed E-state index contributed by atoms with van der Waals surface area (Å²) < 4.78 is 0. The number of rotatable bonds is 4. The van der Waals surface area contributed by atoms with Gasteiger partial charge >= 0.3 is 0 Å². The zero-order valence-electron chi connectivity index (χ0n) is 7.01. The van der Waals surface area contributed by atoms with E-state index in [1.807, 2.05) is 0 Å². The van der Waals surface area contributed by atoms with Crippen LogP contribution < -0.4 is 23.5 Å². The number of nitrogens with two attached hydrogens (primary N) is 2. The molecule has 0 aromatic heterocycles. The topological polar surface area (TPSA) is 54.8 Å². The first-order valence-corrected chi connectivity index (χ1v) is 4.27. The molecule has 5 heteroatoms. The smallest absolute Gasteiger partial charge is 0.299 e. The van der Waals surface area contributed by atoms with Crippen LogP contribution in [0.3, 0.4) is 0 Å². The van der Waals surface area contributed by atoms with Gasteiger partial charge in [0.25, 0.3) is 5.17 Å². The van der Waals surface area contributed by atoms with Crippen molar-refractivity contribution in [1.82, 2.24) is 4.90 Å². The molecule has 0 rings (SSSR count). The number of nitrogens with zero attached hydrogens (tertiary/aromatic N) is 1. The summed E-state index contributed by atoms with van der Waals surface area (Å²) >= 11 is 1.52. The van der Waals surface area contributed by atoms with Gasteiger partial charge in [-0.2, -0.15) is 0 Å². The molecular weight excluding hydrogens is 182 g/mol. The summed E-state index contributed by atoms with van der Waals surface area (Å²) in [5.74, 6) is 1.01. The number of halogens is 1. The minimum Gasteiger partial charge on any atom is -1.00 e. The highest BCUT2D eigenvalue weighted by molar-refractivity contribution is 8.13. The van der Waals surface area contributed by atoms with Crippen molar-refractivity contribution in [2.75, 3.05) is 26.4 Å². The summed E-state index contributed by atoms with van der Waals surface area (Å²) in [6.07, 6.45) is 1.13. The van der Waals surface area contributed by atoms with Gasteiger partial charge in [-0.25, -0.2) is 0 Å². The third-order valence-electron chi connectivity index (χ3n) is 1.02. The first-order chi connectivity index (χ1) is 4.63. The fourth-order valence-electron chi connectivity index (χ4n) is 0.571. The molecule has 11 heavy (non-hydrogen) atoms. The highest BCUT2D eigenvalue weighted by Gasteiger charge is 1.95. The molecule has 3 nitrogen and oxygen atoms in total. The Bertz CT molecular complexity index is 108. The van der Waals surface area contributed by atoms with E-state index in [2.05, 4.69) is 19.0 Å². The van der Waals surface area contributed by atoms with E-state index in [-0.39, 0.29) is 12.4 Å². The molecular formula is C6H16ClN3S. The van der Waals surface area contributed by atoms with Crippen molar-refractivity contribution in [3.05, 3.63) is 0 Å². The fourth-order valence-corrected chi connectivity index (χ4v) is 1.08. The predicted molar refractivity (Wildman–Crippen MR) is 46.7 cm³/mol. The quantitative estimate of drug-likeness (QED) is 0.273. The van der Waals surface area contributed by atoms with Crippen LogP contribution in [-0.4, -0.2) is 36.5 Å². The van der Waals surface area contributed by atoms with Crippen LogP contribution in [0, 0.1) is 0 Å². The predicted octanol–water partition coefficient (Wildman–Crippen LogP) is -4.25. The standard InChI is InChI=1S/C6H15N3S.ClH/c1-9(2)4-3-5-10-6(7)8;/h3-5H2,1-2H3,(H3,7,8);1H. The van der Waals surface area contributed by atoms with Crippen LogP contribution in [0.15, 0.2) is 0 Å². The molecule has 0 saturated heterocycles. The zero-order chi connectivity index (χ0) is 7.98. The Kier molecular flexibility index (Phi) is 10.1. The van der Waals surface area contributed by atoms with Crippen LogP contribution >= 0.6 is 11.8 Å². The minimum absolute atomic E-state index is 0. The molecule has 0 radical (unpaired) electrons. The van der Waals surface area contributed by atoms with Gasteiger partial charge in [0.15, 0.2) is 0 Å². The lowest BCUT2D eigenvalue weighted by atomic mass is 10.5.